The van der Waals surface area contributed by atoms with Crippen molar-refractivity contribution in [3.8, 4) is 0 Å². The summed E-state index contributed by atoms with van der Waals surface area (Å²) in [6, 6.07) is 14.0. The third kappa shape index (κ3) is 3.14. The average molecular weight is 295 g/mol. The Bertz CT molecular complexity index is 643. The van der Waals surface area contributed by atoms with Crippen LogP contribution in [0.2, 0.25) is 0 Å². The smallest absolute Gasteiger partial charge is 0.246 e. The summed E-state index contributed by atoms with van der Waals surface area (Å²) >= 11 is 0. The van der Waals surface area contributed by atoms with Gasteiger partial charge in [-0.05, 0) is 36.1 Å². The van der Waals surface area contributed by atoms with E-state index in [4.69, 9.17) is 4.42 Å². The summed E-state index contributed by atoms with van der Waals surface area (Å²) in [5, 5.41) is 0. The summed E-state index contributed by atoms with van der Waals surface area (Å²) in [5.41, 5.74) is 2.21. The van der Waals surface area contributed by atoms with Crippen molar-refractivity contribution >= 4 is 11.5 Å². The molecule has 1 aromatic carbocycles. The minimum Gasteiger partial charge on any atom is -0.469 e. The van der Waals surface area contributed by atoms with Crippen LogP contribution in [0.15, 0.2) is 59.2 Å². The number of allylic oxidation sites excluding steroid dienone is 1. The lowest BCUT2D eigenvalue weighted by molar-refractivity contribution is -0.125. The Balaban J connectivity index is 1.70. The van der Waals surface area contributed by atoms with Gasteiger partial charge < -0.3 is 9.32 Å². The van der Waals surface area contributed by atoms with Crippen LogP contribution in [0.3, 0.4) is 0 Å². The molecular formula is C19H21NO2. The molecule has 0 radical (unpaired) electrons. The lowest BCUT2D eigenvalue weighted by Crippen LogP contribution is -2.26. The molecule has 3 rings (SSSR count). The first kappa shape index (κ1) is 14.6. The van der Waals surface area contributed by atoms with Gasteiger partial charge in [-0.25, -0.2) is 0 Å². The highest BCUT2D eigenvalue weighted by Crippen LogP contribution is 2.28. The number of furan rings is 1. The van der Waals surface area contributed by atoms with E-state index in [1.165, 1.54) is 0 Å². The third-order valence-electron chi connectivity index (χ3n) is 4.27. The highest BCUT2D eigenvalue weighted by molar-refractivity contribution is 5.95. The zero-order chi connectivity index (χ0) is 15.4. The SMILES string of the molecule is CC/C(=C\C(=O)N1CCC(c2ccco2)C1)c1ccccc1. The van der Waals surface area contributed by atoms with Gasteiger partial charge in [0.25, 0.3) is 0 Å². The molecule has 2 aromatic rings. The first-order valence-corrected chi connectivity index (χ1v) is 7.86. The number of hydrogen-bond acceptors (Lipinski definition) is 2. The summed E-state index contributed by atoms with van der Waals surface area (Å²) in [7, 11) is 0. The molecule has 2 heterocycles. The van der Waals surface area contributed by atoms with Crippen molar-refractivity contribution in [2.24, 2.45) is 0 Å². The van der Waals surface area contributed by atoms with E-state index in [0.29, 0.717) is 5.92 Å². The highest BCUT2D eigenvalue weighted by Gasteiger charge is 2.28. The molecule has 0 spiro atoms. The van der Waals surface area contributed by atoms with E-state index in [-0.39, 0.29) is 5.91 Å². The van der Waals surface area contributed by atoms with Gasteiger partial charge in [-0.2, -0.15) is 0 Å². The molecule has 1 aliphatic heterocycles. The number of carbonyl (C=O) groups excluding carboxylic acids is 1. The summed E-state index contributed by atoms with van der Waals surface area (Å²) in [6.07, 6.45) is 5.31. The predicted molar refractivity (Wildman–Crippen MR) is 87.4 cm³/mol. The second kappa shape index (κ2) is 6.65. The minimum absolute atomic E-state index is 0.106. The number of nitrogens with zero attached hydrogens (tertiary/aromatic N) is 1. The van der Waals surface area contributed by atoms with Gasteiger partial charge in [0.1, 0.15) is 5.76 Å². The van der Waals surface area contributed by atoms with E-state index in [2.05, 4.69) is 19.1 Å². The van der Waals surface area contributed by atoms with Crippen molar-refractivity contribution in [2.45, 2.75) is 25.7 Å². The standard InChI is InChI=1S/C19H21NO2/c1-2-15(16-7-4-3-5-8-16)13-19(21)20-11-10-17(14-20)18-9-6-12-22-18/h3-9,12-13,17H,2,10-11,14H2,1H3/b15-13+. The molecule has 3 nitrogen and oxygen atoms in total. The minimum atomic E-state index is 0.106. The van der Waals surface area contributed by atoms with Crippen molar-refractivity contribution in [2.75, 3.05) is 13.1 Å². The van der Waals surface area contributed by atoms with Gasteiger partial charge in [0, 0.05) is 25.1 Å². The molecule has 0 saturated carbocycles. The molecule has 1 atom stereocenters. The Morgan fingerprint density at radius 3 is 2.77 bits per heavy atom. The second-order valence-corrected chi connectivity index (χ2v) is 5.67. The van der Waals surface area contributed by atoms with Crippen LogP contribution in [0, 0.1) is 0 Å². The van der Waals surface area contributed by atoms with E-state index in [1.54, 1.807) is 12.3 Å². The molecule has 0 N–H and O–H groups in total. The van der Waals surface area contributed by atoms with Crippen LogP contribution in [0.5, 0.6) is 0 Å². The number of amides is 1. The summed E-state index contributed by atoms with van der Waals surface area (Å²) < 4.78 is 5.46. The van der Waals surface area contributed by atoms with Crippen LogP contribution in [-0.2, 0) is 4.79 Å². The Hall–Kier alpha value is -2.29. The maximum absolute atomic E-state index is 12.5. The lowest BCUT2D eigenvalue weighted by Gasteiger charge is -2.15. The maximum Gasteiger partial charge on any atom is 0.246 e. The molecule has 3 heteroatoms. The van der Waals surface area contributed by atoms with Crippen LogP contribution in [0.1, 0.15) is 37.0 Å². The van der Waals surface area contributed by atoms with Crippen LogP contribution in [-0.4, -0.2) is 23.9 Å². The quantitative estimate of drug-likeness (QED) is 0.796. The number of rotatable bonds is 4. The topological polar surface area (TPSA) is 33.5 Å². The molecular weight excluding hydrogens is 274 g/mol. The van der Waals surface area contributed by atoms with E-state index in [1.807, 2.05) is 35.2 Å². The number of carbonyl (C=O) groups is 1. The van der Waals surface area contributed by atoms with Crippen molar-refractivity contribution in [1.82, 2.24) is 4.90 Å². The van der Waals surface area contributed by atoms with Gasteiger partial charge in [-0.15, -0.1) is 0 Å². The van der Waals surface area contributed by atoms with Crippen molar-refractivity contribution < 1.29 is 9.21 Å². The fourth-order valence-corrected chi connectivity index (χ4v) is 3.00. The molecule has 0 bridgehead atoms. The van der Waals surface area contributed by atoms with Crippen molar-refractivity contribution in [3.63, 3.8) is 0 Å². The fraction of sp³-hybridized carbons (Fsp3) is 0.316. The Morgan fingerprint density at radius 2 is 2.09 bits per heavy atom. The van der Waals surface area contributed by atoms with Gasteiger partial charge in [-0.3, -0.25) is 4.79 Å². The molecule has 1 saturated heterocycles. The monoisotopic (exact) mass is 295 g/mol. The predicted octanol–water partition coefficient (Wildman–Crippen LogP) is 4.09. The Labute approximate surface area is 131 Å². The molecule has 1 aliphatic rings. The first-order chi connectivity index (χ1) is 10.8. The van der Waals surface area contributed by atoms with Gasteiger partial charge in [-0.1, -0.05) is 37.3 Å². The fourth-order valence-electron chi connectivity index (χ4n) is 3.00. The molecule has 1 fully saturated rings. The van der Waals surface area contributed by atoms with Crippen LogP contribution >= 0.6 is 0 Å². The van der Waals surface area contributed by atoms with E-state index in [9.17, 15) is 4.79 Å². The van der Waals surface area contributed by atoms with Crippen molar-refractivity contribution in [1.29, 1.82) is 0 Å². The molecule has 1 unspecified atom stereocenters. The Morgan fingerprint density at radius 1 is 1.27 bits per heavy atom. The third-order valence-corrected chi connectivity index (χ3v) is 4.27. The average Bonchev–Trinajstić information content (AvgIpc) is 3.23. The summed E-state index contributed by atoms with van der Waals surface area (Å²) in [6.45, 7) is 3.63. The molecule has 114 valence electrons. The van der Waals surface area contributed by atoms with Gasteiger partial charge >= 0.3 is 0 Å². The zero-order valence-electron chi connectivity index (χ0n) is 12.9. The van der Waals surface area contributed by atoms with Crippen LogP contribution in [0.25, 0.3) is 5.57 Å². The number of hydrogen-bond donors (Lipinski definition) is 0. The van der Waals surface area contributed by atoms with Crippen LogP contribution in [0.4, 0.5) is 0 Å². The summed E-state index contributed by atoms with van der Waals surface area (Å²) in [5.74, 6) is 1.42. The lowest BCUT2D eigenvalue weighted by atomic mass is 10.0. The Kier molecular flexibility index (Phi) is 4.42. The second-order valence-electron chi connectivity index (χ2n) is 5.67. The van der Waals surface area contributed by atoms with E-state index < -0.39 is 0 Å². The molecule has 1 aromatic heterocycles. The van der Waals surface area contributed by atoms with Crippen molar-refractivity contribution in [3.05, 3.63) is 66.1 Å². The molecule has 22 heavy (non-hydrogen) atoms. The largest absolute Gasteiger partial charge is 0.469 e. The summed E-state index contributed by atoms with van der Waals surface area (Å²) in [4.78, 5) is 14.4. The van der Waals surface area contributed by atoms with Crippen LogP contribution < -0.4 is 0 Å². The number of benzene rings is 1. The zero-order valence-corrected chi connectivity index (χ0v) is 12.9. The van der Waals surface area contributed by atoms with E-state index in [0.717, 1.165) is 42.8 Å². The highest BCUT2D eigenvalue weighted by atomic mass is 16.3. The van der Waals surface area contributed by atoms with Gasteiger partial charge in [0.2, 0.25) is 5.91 Å². The number of likely N-dealkylation sites (tertiary alicyclic amines) is 1. The molecule has 0 aliphatic carbocycles. The van der Waals surface area contributed by atoms with E-state index >= 15 is 0 Å². The van der Waals surface area contributed by atoms with Gasteiger partial charge in [0.05, 0.1) is 6.26 Å². The first-order valence-electron chi connectivity index (χ1n) is 7.86. The molecule has 1 amide bonds. The maximum atomic E-state index is 12.5. The normalized spacial score (nSPS) is 18.7. The van der Waals surface area contributed by atoms with Gasteiger partial charge in [0.15, 0.2) is 0 Å².